The molecule has 8 heteroatoms. The molecule has 2 aromatic rings. The van der Waals surface area contributed by atoms with Crippen molar-refractivity contribution in [3.63, 3.8) is 0 Å². The Kier molecular flexibility index (Phi) is 4.23. The Morgan fingerprint density at radius 2 is 2.24 bits per heavy atom. The minimum Gasteiger partial charge on any atom is -0.475 e. The van der Waals surface area contributed by atoms with Crippen LogP contribution in [0, 0.1) is 10.1 Å². The van der Waals surface area contributed by atoms with Gasteiger partial charge >= 0.3 is 5.97 Å². The highest BCUT2D eigenvalue weighted by Gasteiger charge is 2.24. The maximum absolute atomic E-state index is 11.1. The Labute approximate surface area is 124 Å². The summed E-state index contributed by atoms with van der Waals surface area (Å²) in [6.07, 6.45) is 1.08. The van der Waals surface area contributed by atoms with E-state index in [1.54, 1.807) is 0 Å². The van der Waals surface area contributed by atoms with Crippen LogP contribution in [-0.2, 0) is 6.42 Å². The molecule has 0 aliphatic heterocycles. The molecule has 0 unspecified atom stereocenters. The van der Waals surface area contributed by atoms with Gasteiger partial charge in [-0.15, -0.1) is 0 Å². The fourth-order valence-electron chi connectivity index (χ4n) is 1.88. The van der Waals surface area contributed by atoms with Gasteiger partial charge in [-0.1, -0.05) is 24.9 Å². The van der Waals surface area contributed by atoms with Gasteiger partial charge in [0.1, 0.15) is 5.56 Å². The fourth-order valence-corrected chi connectivity index (χ4v) is 2.04. The van der Waals surface area contributed by atoms with Gasteiger partial charge < -0.3 is 9.52 Å². The van der Waals surface area contributed by atoms with Crippen LogP contribution in [0.25, 0.3) is 11.5 Å². The Hall–Kier alpha value is -2.41. The average molecular weight is 311 g/mol. The molecule has 0 aliphatic rings. The number of carbonyl (C=O) groups is 1. The molecule has 0 radical (unpaired) electrons. The highest BCUT2D eigenvalue weighted by Crippen LogP contribution is 2.33. The zero-order valence-corrected chi connectivity index (χ0v) is 11.8. The number of hydrogen-bond acceptors (Lipinski definition) is 5. The molecule has 1 aromatic carbocycles. The SMILES string of the molecule is CCCc1nc(-c2ccc(Cl)cc2[N+](=O)[O-])oc1C(=O)O. The lowest BCUT2D eigenvalue weighted by molar-refractivity contribution is -0.384. The van der Waals surface area contributed by atoms with E-state index in [2.05, 4.69) is 4.98 Å². The van der Waals surface area contributed by atoms with E-state index in [-0.39, 0.29) is 33.6 Å². The van der Waals surface area contributed by atoms with E-state index in [0.717, 1.165) is 0 Å². The summed E-state index contributed by atoms with van der Waals surface area (Å²) in [4.78, 5) is 25.6. The predicted octanol–water partition coefficient (Wildman–Crippen LogP) is 3.55. The van der Waals surface area contributed by atoms with Gasteiger partial charge in [0, 0.05) is 11.1 Å². The van der Waals surface area contributed by atoms with Crippen LogP contribution in [0.4, 0.5) is 5.69 Å². The molecule has 0 amide bonds. The van der Waals surface area contributed by atoms with Gasteiger partial charge in [-0.05, 0) is 18.6 Å². The minimum absolute atomic E-state index is 0.0919. The zero-order valence-electron chi connectivity index (χ0n) is 11.0. The highest BCUT2D eigenvalue weighted by molar-refractivity contribution is 6.30. The number of nitro groups is 1. The van der Waals surface area contributed by atoms with Crippen molar-refractivity contribution in [3.8, 4) is 11.5 Å². The van der Waals surface area contributed by atoms with Crippen LogP contribution in [0.5, 0.6) is 0 Å². The summed E-state index contributed by atoms with van der Waals surface area (Å²) in [5.41, 5.74) is 0.0715. The van der Waals surface area contributed by atoms with Crippen LogP contribution in [0.3, 0.4) is 0 Å². The molecule has 0 atom stereocenters. The van der Waals surface area contributed by atoms with Crippen molar-refractivity contribution < 1.29 is 19.2 Å². The lowest BCUT2D eigenvalue weighted by Crippen LogP contribution is -1.99. The van der Waals surface area contributed by atoms with E-state index in [4.69, 9.17) is 21.1 Å². The maximum atomic E-state index is 11.1. The van der Waals surface area contributed by atoms with E-state index in [1.165, 1.54) is 18.2 Å². The Morgan fingerprint density at radius 3 is 2.81 bits per heavy atom. The number of nitrogens with zero attached hydrogens (tertiary/aromatic N) is 2. The number of carboxylic acid groups (broad SMARTS) is 1. The van der Waals surface area contributed by atoms with Crippen molar-refractivity contribution in [2.45, 2.75) is 19.8 Å². The highest BCUT2D eigenvalue weighted by atomic mass is 35.5. The smallest absolute Gasteiger partial charge is 0.373 e. The molecule has 1 heterocycles. The van der Waals surface area contributed by atoms with E-state index in [0.29, 0.717) is 12.8 Å². The second kappa shape index (κ2) is 5.92. The third-order valence-corrected chi connectivity index (χ3v) is 3.00. The summed E-state index contributed by atoms with van der Waals surface area (Å²) < 4.78 is 5.19. The molecule has 1 aromatic heterocycles. The van der Waals surface area contributed by atoms with Gasteiger partial charge in [-0.2, -0.15) is 0 Å². The third-order valence-electron chi connectivity index (χ3n) is 2.77. The average Bonchev–Trinajstić information content (AvgIpc) is 2.83. The number of oxazole rings is 1. The van der Waals surface area contributed by atoms with Gasteiger partial charge in [-0.25, -0.2) is 9.78 Å². The van der Waals surface area contributed by atoms with Crippen LogP contribution in [0.1, 0.15) is 29.6 Å². The van der Waals surface area contributed by atoms with Gasteiger partial charge in [0.25, 0.3) is 5.69 Å². The van der Waals surface area contributed by atoms with E-state index < -0.39 is 10.9 Å². The third kappa shape index (κ3) is 3.03. The van der Waals surface area contributed by atoms with Crippen LogP contribution < -0.4 is 0 Å². The molecule has 0 saturated carbocycles. The summed E-state index contributed by atoms with van der Waals surface area (Å²) in [6.45, 7) is 1.87. The Bertz CT molecular complexity index is 711. The molecule has 1 N–H and O–H groups in total. The number of rotatable bonds is 5. The minimum atomic E-state index is -1.26. The van der Waals surface area contributed by atoms with Gasteiger partial charge in [-0.3, -0.25) is 10.1 Å². The number of aryl methyl sites for hydroxylation is 1. The zero-order chi connectivity index (χ0) is 15.6. The number of aromatic nitrogens is 1. The van der Waals surface area contributed by atoms with E-state index in [1.807, 2.05) is 6.92 Å². The first-order valence-corrected chi connectivity index (χ1v) is 6.49. The maximum Gasteiger partial charge on any atom is 0.373 e. The number of nitro benzene ring substituents is 1. The first-order valence-electron chi connectivity index (χ1n) is 6.11. The first kappa shape index (κ1) is 15.0. The van der Waals surface area contributed by atoms with E-state index in [9.17, 15) is 14.9 Å². The molecule has 0 spiro atoms. The molecule has 2 rings (SSSR count). The second-order valence-corrected chi connectivity index (χ2v) is 4.71. The number of halogens is 1. The normalized spacial score (nSPS) is 10.6. The summed E-state index contributed by atoms with van der Waals surface area (Å²) in [5.74, 6) is -1.65. The molecule has 0 aliphatic carbocycles. The predicted molar refractivity (Wildman–Crippen MR) is 74.6 cm³/mol. The van der Waals surface area contributed by atoms with E-state index >= 15 is 0 Å². The summed E-state index contributed by atoms with van der Waals surface area (Å²) in [7, 11) is 0. The topological polar surface area (TPSA) is 106 Å². The number of aromatic carboxylic acids is 1. The van der Waals surface area contributed by atoms with Gasteiger partial charge in [0.2, 0.25) is 11.7 Å². The van der Waals surface area contributed by atoms with Crippen molar-refractivity contribution in [1.29, 1.82) is 0 Å². The molecule has 110 valence electrons. The molecule has 0 saturated heterocycles. The Morgan fingerprint density at radius 1 is 1.52 bits per heavy atom. The van der Waals surface area contributed by atoms with Crippen molar-refractivity contribution in [2.75, 3.05) is 0 Å². The number of benzene rings is 1. The van der Waals surface area contributed by atoms with Crippen LogP contribution in [0.15, 0.2) is 22.6 Å². The van der Waals surface area contributed by atoms with Gasteiger partial charge in [0.05, 0.1) is 10.6 Å². The second-order valence-electron chi connectivity index (χ2n) is 4.27. The molecule has 0 bridgehead atoms. The monoisotopic (exact) mass is 310 g/mol. The number of hydrogen-bond donors (Lipinski definition) is 1. The molecular weight excluding hydrogens is 300 g/mol. The fraction of sp³-hybridized carbons (Fsp3) is 0.231. The molecule has 7 nitrogen and oxygen atoms in total. The summed E-state index contributed by atoms with van der Waals surface area (Å²) in [6, 6.07) is 4.00. The largest absolute Gasteiger partial charge is 0.475 e. The molecular formula is C13H11ClN2O5. The van der Waals surface area contributed by atoms with Crippen LogP contribution in [-0.4, -0.2) is 21.0 Å². The van der Waals surface area contributed by atoms with Crippen molar-refractivity contribution in [2.24, 2.45) is 0 Å². The molecule has 0 fully saturated rings. The first-order chi connectivity index (χ1) is 9.93. The number of carboxylic acids is 1. The van der Waals surface area contributed by atoms with Crippen molar-refractivity contribution >= 4 is 23.3 Å². The standard InChI is InChI=1S/C13H11ClN2O5/c1-2-3-9-11(13(17)18)21-12(15-9)8-5-4-7(14)6-10(8)16(19)20/h4-6H,2-3H2,1H3,(H,17,18). The summed E-state index contributed by atoms with van der Waals surface area (Å²) in [5, 5.41) is 20.3. The van der Waals surface area contributed by atoms with Crippen molar-refractivity contribution in [1.82, 2.24) is 4.98 Å². The Balaban J connectivity index is 2.59. The van der Waals surface area contributed by atoms with Gasteiger partial charge in [0.15, 0.2) is 0 Å². The quantitative estimate of drug-likeness (QED) is 0.668. The molecule has 21 heavy (non-hydrogen) atoms. The van der Waals surface area contributed by atoms with Crippen molar-refractivity contribution in [3.05, 3.63) is 44.8 Å². The summed E-state index contributed by atoms with van der Waals surface area (Å²) >= 11 is 5.74. The van der Waals surface area contributed by atoms with Crippen LogP contribution >= 0.6 is 11.6 Å². The lowest BCUT2D eigenvalue weighted by atomic mass is 10.2. The van der Waals surface area contributed by atoms with Crippen LogP contribution in [0.2, 0.25) is 5.02 Å². The lowest BCUT2D eigenvalue weighted by Gasteiger charge is -1.98.